The topological polar surface area (TPSA) is 3.24 Å². The quantitative estimate of drug-likeness (QED) is 0.542. The molecule has 0 bridgehead atoms. The fourth-order valence-corrected chi connectivity index (χ4v) is 1.36. The molecule has 0 atom stereocenters. The predicted molar refractivity (Wildman–Crippen MR) is 58.2 cm³/mol. The van der Waals surface area contributed by atoms with Gasteiger partial charge in [-0.3, -0.25) is 0 Å². The average molecular weight is 181 g/mol. The third kappa shape index (κ3) is 1.95. The van der Waals surface area contributed by atoms with Gasteiger partial charge < -0.3 is 4.90 Å². The minimum atomic E-state index is 0.754. The van der Waals surface area contributed by atoms with E-state index in [1.807, 2.05) is 0 Å². The van der Waals surface area contributed by atoms with Crippen molar-refractivity contribution in [3.05, 3.63) is 29.3 Å². The molecule has 0 spiro atoms. The van der Waals surface area contributed by atoms with E-state index in [1.54, 1.807) is 0 Å². The molecular weight excluding hydrogens is 166 g/mol. The Hall–Kier alpha value is -0.630. The van der Waals surface area contributed by atoms with Gasteiger partial charge in [-0.2, -0.15) is 12.6 Å². The number of anilines is 1. The van der Waals surface area contributed by atoms with Gasteiger partial charge >= 0.3 is 0 Å². The molecule has 0 amide bonds. The van der Waals surface area contributed by atoms with Crippen molar-refractivity contribution in [3.8, 4) is 0 Å². The van der Waals surface area contributed by atoms with Crippen LogP contribution in [0.3, 0.4) is 0 Å². The van der Waals surface area contributed by atoms with Crippen LogP contribution in [0.15, 0.2) is 18.2 Å². The first-order chi connectivity index (χ1) is 5.65. The molecule has 1 aromatic rings. The highest BCUT2D eigenvalue weighted by atomic mass is 32.1. The van der Waals surface area contributed by atoms with Gasteiger partial charge in [0.1, 0.15) is 0 Å². The van der Waals surface area contributed by atoms with Gasteiger partial charge in [-0.15, -0.1) is 0 Å². The van der Waals surface area contributed by atoms with E-state index in [-0.39, 0.29) is 0 Å². The van der Waals surface area contributed by atoms with Crippen LogP contribution in [0, 0.1) is 13.8 Å². The van der Waals surface area contributed by atoms with Crippen molar-refractivity contribution in [2.24, 2.45) is 0 Å². The van der Waals surface area contributed by atoms with E-state index < -0.39 is 0 Å². The van der Waals surface area contributed by atoms with Crippen molar-refractivity contribution in [2.75, 3.05) is 17.8 Å². The highest BCUT2D eigenvalue weighted by molar-refractivity contribution is 7.80. The van der Waals surface area contributed by atoms with E-state index in [2.05, 4.69) is 56.6 Å². The van der Waals surface area contributed by atoms with E-state index in [4.69, 9.17) is 0 Å². The Balaban J connectivity index is 3.04. The zero-order valence-corrected chi connectivity index (χ0v) is 8.73. The monoisotopic (exact) mass is 181 g/mol. The number of hydrogen-bond acceptors (Lipinski definition) is 2. The first-order valence-electron chi connectivity index (χ1n) is 4.04. The molecule has 0 N–H and O–H groups in total. The molecule has 1 rings (SSSR count). The lowest BCUT2D eigenvalue weighted by atomic mass is 10.1. The first-order valence-corrected chi connectivity index (χ1v) is 4.67. The van der Waals surface area contributed by atoms with Gasteiger partial charge in [-0.1, -0.05) is 12.1 Å². The maximum absolute atomic E-state index is 4.23. The molecule has 0 unspecified atom stereocenters. The van der Waals surface area contributed by atoms with Gasteiger partial charge in [-0.05, 0) is 31.0 Å². The Morgan fingerprint density at radius 3 is 2.58 bits per heavy atom. The summed E-state index contributed by atoms with van der Waals surface area (Å²) >= 11 is 4.23. The summed E-state index contributed by atoms with van der Waals surface area (Å²) in [6, 6.07) is 6.46. The minimum Gasteiger partial charge on any atom is -0.365 e. The van der Waals surface area contributed by atoms with Gasteiger partial charge in [-0.25, -0.2) is 0 Å². The van der Waals surface area contributed by atoms with E-state index in [9.17, 15) is 0 Å². The Morgan fingerprint density at radius 2 is 2.00 bits per heavy atom. The predicted octanol–water partition coefficient (Wildman–Crippen LogP) is 2.63. The second-order valence-corrected chi connectivity index (χ2v) is 3.41. The van der Waals surface area contributed by atoms with Crippen molar-refractivity contribution < 1.29 is 0 Å². The summed E-state index contributed by atoms with van der Waals surface area (Å²) in [4.78, 5) is 2.13. The molecule has 0 fully saturated rings. The Morgan fingerprint density at radius 1 is 1.33 bits per heavy atom. The lowest BCUT2D eigenvalue weighted by Gasteiger charge is -2.19. The van der Waals surface area contributed by atoms with E-state index >= 15 is 0 Å². The zero-order valence-electron chi connectivity index (χ0n) is 7.83. The summed E-state index contributed by atoms with van der Waals surface area (Å²) in [7, 11) is 2.05. The molecule has 1 nitrogen and oxygen atoms in total. The summed E-state index contributed by atoms with van der Waals surface area (Å²) in [5, 5.41) is 0. The van der Waals surface area contributed by atoms with E-state index in [1.165, 1.54) is 16.8 Å². The second kappa shape index (κ2) is 3.85. The Labute approximate surface area is 79.8 Å². The van der Waals surface area contributed by atoms with Crippen LogP contribution >= 0.6 is 12.6 Å². The average Bonchev–Trinajstić information content (AvgIpc) is 2.08. The van der Waals surface area contributed by atoms with Crippen LogP contribution in [-0.4, -0.2) is 12.9 Å². The zero-order chi connectivity index (χ0) is 9.14. The maximum atomic E-state index is 4.23. The lowest BCUT2D eigenvalue weighted by molar-refractivity contribution is 1.08. The van der Waals surface area contributed by atoms with Crippen molar-refractivity contribution >= 4 is 18.3 Å². The Kier molecular flexibility index (Phi) is 3.04. The van der Waals surface area contributed by atoms with Crippen LogP contribution in [0.1, 0.15) is 11.1 Å². The molecule has 1 aromatic carbocycles. The number of rotatable bonds is 2. The summed E-state index contributed by atoms with van der Waals surface area (Å²) in [6.45, 7) is 4.23. The third-order valence-electron chi connectivity index (χ3n) is 1.99. The number of hydrogen-bond donors (Lipinski definition) is 1. The van der Waals surface area contributed by atoms with Crippen LogP contribution in [0.25, 0.3) is 0 Å². The highest BCUT2D eigenvalue weighted by Crippen LogP contribution is 2.20. The smallest absolute Gasteiger partial charge is 0.0607 e. The number of thiol groups is 1. The molecular formula is C10H15NS. The van der Waals surface area contributed by atoms with Gasteiger partial charge in [0.15, 0.2) is 0 Å². The van der Waals surface area contributed by atoms with Crippen LogP contribution < -0.4 is 4.90 Å². The lowest BCUT2D eigenvalue weighted by Crippen LogP contribution is -2.15. The van der Waals surface area contributed by atoms with E-state index in [0.717, 1.165) is 5.88 Å². The molecule has 0 heterocycles. The number of nitrogens with zero attached hydrogens (tertiary/aromatic N) is 1. The van der Waals surface area contributed by atoms with Gasteiger partial charge in [0.25, 0.3) is 0 Å². The largest absolute Gasteiger partial charge is 0.365 e. The SMILES string of the molecule is Cc1ccc(C)c(N(C)CS)c1. The van der Waals surface area contributed by atoms with Gasteiger partial charge in [0, 0.05) is 12.7 Å². The van der Waals surface area contributed by atoms with Crippen molar-refractivity contribution in [3.63, 3.8) is 0 Å². The van der Waals surface area contributed by atoms with Crippen LogP contribution in [0.4, 0.5) is 5.69 Å². The molecule has 0 aliphatic carbocycles. The summed E-state index contributed by atoms with van der Waals surface area (Å²) in [5.41, 5.74) is 3.87. The molecule has 2 heteroatoms. The molecule has 0 saturated heterocycles. The fraction of sp³-hybridized carbons (Fsp3) is 0.400. The summed E-state index contributed by atoms with van der Waals surface area (Å²) in [5.74, 6) is 0.754. The molecule has 0 radical (unpaired) electrons. The molecule has 0 aliphatic heterocycles. The van der Waals surface area contributed by atoms with Gasteiger partial charge in [0.05, 0.1) is 5.88 Å². The fourth-order valence-electron chi connectivity index (χ4n) is 1.21. The standard InChI is InChI=1S/C10H15NS/c1-8-4-5-9(2)10(6-8)11(3)7-12/h4-6,12H,7H2,1-3H3. The Bertz CT molecular complexity index is 271. The van der Waals surface area contributed by atoms with Crippen molar-refractivity contribution in [1.82, 2.24) is 0 Å². The molecule has 0 saturated carbocycles. The second-order valence-electron chi connectivity index (χ2n) is 3.13. The third-order valence-corrected chi connectivity index (χ3v) is 2.41. The van der Waals surface area contributed by atoms with Crippen molar-refractivity contribution in [1.29, 1.82) is 0 Å². The summed E-state index contributed by atoms with van der Waals surface area (Å²) in [6.07, 6.45) is 0. The van der Waals surface area contributed by atoms with Crippen LogP contribution in [-0.2, 0) is 0 Å². The van der Waals surface area contributed by atoms with Crippen molar-refractivity contribution in [2.45, 2.75) is 13.8 Å². The molecule has 12 heavy (non-hydrogen) atoms. The molecule has 0 aliphatic rings. The molecule has 66 valence electrons. The van der Waals surface area contributed by atoms with Gasteiger partial charge in [0.2, 0.25) is 0 Å². The van der Waals surface area contributed by atoms with Crippen LogP contribution in [0.2, 0.25) is 0 Å². The normalized spacial score (nSPS) is 10.0. The van der Waals surface area contributed by atoms with Crippen LogP contribution in [0.5, 0.6) is 0 Å². The van der Waals surface area contributed by atoms with E-state index in [0.29, 0.717) is 0 Å². The first kappa shape index (κ1) is 9.46. The maximum Gasteiger partial charge on any atom is 0.0607 e. The summed E-state index contributed by atoms with van der Waals surface area (Å²) < 4.78 is 0. The number of benzene rings is 1. The minimum absolute atomic E-state index is 0.754. The highest BCUT2D eigenvalue weighted by Gasteiger charge is 2.01. The molecule has 0 aromatic heterocycles. The number of aryl methyl sites for hydroxylation is 2.